The lowest BCUT2D eigenvalue weighted by Gasteiger charge is -2.25. The molecule has 0 heterocycles. The van der Waals surface area contributed by atoms with E-state index in [0.717, 1.165) is 0 Å². The summed E-state index contributed by atoms with van der Waals surface area (Å²) in [4.78, 5) is 11.1. The fourth-order valence-electron chi connectivity index (χ4n) is 1.60. The van der Waals surface area contributed by atoms with Gasteiger partial charge in [0.2, 0.25) is 0 Å². The molecule has 1 aromatic rings. The molecule has 1 aliphatic carbocycles. The van der Waals surface area contributed by atoms with E-state index < -0.39 is 17.6 Å². The van der Waals surface area contributed by atoms with Gasteiger partial charge in [0.1, 0.15) is 17.4 Å². The van der Waals surface area contributed by atoms with Gasteiger partial charge in [0.25, 0.3) is 0 Å². The SMILES string of the molecule is O=C1CCC1c1c(F)cc(I)cc1F. The molecule has 1 atom stereocenters. The molecule has 0 aliphatic heterocycles. The van der Waals surface area contributed by atoms with Crippen LogP contribution in [0.4, 0.5) is 8.78 Å². The highest BCUT2D eigenvalue weighted by atomic mass is 127. The predicted octanol–water partition coefficient (Wildman–Crippen LogP) is 3.02. The summed E-state index contributed by atoms with van der Waals surface area (Å²) in [5.41, 5.74) is -0.0540. The average Bonchev–Trinajstić information content (AvgIpc) is 2.08. The third kappa shape index (κ3) is 1.55. The van der Waals surface area contributed by atoms with Gasteiger partial charge in [-0.25, -0.2) is 8.78 Å². The molecule has 1 nitrogen and oxygen atoms in total. The molecule has 0 N–H and O–H groups in total. The highest BCUT2D eigenvalue weighted by Gasteiger charge is 2.34. The van der Waals surface area contributed by atoms with Crippen LogP contribution >= 0.6 is 22.6 Å². The standard InChI is InChI=1S/C10H7F2IO/c11-7-3-5(13)4-8(12)10(7)6-1-2-9(6)14/h3-4,6H,1-2H2. The van der Waals surface area contributed by atoms with Crippen molar-refractivity contribution in [2.45, 2.75) is 18.8 Å². The van der Waals surface area contributed by atoms with Gasteiger partial charge in [-0.2, -0.15) is 0 Å². The Kier molecular flexibility index (Phi) is 2.55. The van der Waals surface area contributed by atoms with Crippen LogP contribution in [0, 0.1) is 15.2 Å². The van der Waals surface area contributed by atoms with E-state index in [2.05, 4.69) is 0 Å². The van der Waals surface area contributed by atoms with Crippen LogP contribution in [0.2, 0.25) is 0 Å². The van der Waals surface area contributed by atoms with Gasteiger partial charge in [-0.1, -0.05) is 0 Å². The molecule has 4 heteroatoms. The van der Waals surface area contributed by atoms with Crippen molar-refractivity contribution >= 4 is 28.4 Å². The van der Waals surface area contributed by atoms with E-state index in [9.17, 15) is 13.6 Å². The zero-order chi connectivity index (χ0) is 10.3. The molecule has 1 unspecified atom stereocenters. The van der Waals surface area contributed by atoms with Crippen molar-refractivity contribution in [3.8, 4) is 0 Å². The molecule has 0 amide bonds. The van der Waals surface area contributed by atoms with Crippen molar-refractivity contribution in [2.24, 2.45) is 0 Å². The number of rotatable bonds is 1. The van der Waals surface area contributed by atoms with Gasteiger partial charge in [-0.15, -0.1) is 0 Å². The molecular weight excluding hydrogens is 301 g/mol. The second kappa shape index (κ2) is 3.56. The highest BCUT2D eigenvalue weighted by molar-refractivity contribution is 14.1. The first-order valence-electron chi connectivity index (χ1n) is 4.26. The van der Waals surface area contributed by atoms with Gasteiger partial charge >= 0.3 is 0 Å². The third-order valence-corrected chi connectivity index (χ3v) is 3.08. The van der Waals surface area contributed by atoms with Crippen molar-refractivity contribution < 1.29 is 13.6 Å². The molecule has 0 bridgehead atoms. The van der Waals surface area contributed by atoms with Crippen LogP contribution in [0.25, 0.3) is 0 Å². The molecule has 0 spiro atoms. The van der Waals surface area contributed by atoms with Crippen molar-refractivity contribution in [3.63, 3.8) is 0 Å². The van der Waals surface area contributed by atoms with Crippen molar-refractivity contribution in [1.29, 1.82) is 0 Å². The number of hydrogen-bond acceptors (Lipinski definition) is 1. The zero-order valence-corrected chi connectivity index (χ0v) is 9.35. The largest absolute Gasteiger partial charge is 0.299 e. The van der Waals surface area contributed by atoms with Gasteiger partial charge in [-0.05, 0) is 41.1 Å². The van der Waals surface area contributed by atoms with Gasteiger partial charge in [0, 0.05) is 21.5 Å². The second-order valence-corrected chi connectivity index (χ2v) is 4.59. The van der Waals surface area contributed by atoms with E-state index in [1.165, 1.54) is 12.1 Å². The lowest BCUT2D eigenvalue weighted by molar-refractivity contribution is -0.125. The van der Waals surface area contributed by atoms with Gasteiger partial charge in [0.15, 0.2) is 0 Å². The minimum Gasteiger partial charge on any atom is -0.299 e. The van der Waals surface area contributed by atoms with Gasteiger partial charge in [-0.3, -0.25) is 4.79 Å². The van der Waals surface area contributed by atoms with E-state index in [0.29, 0.717) is 16.4 Å². The topological polar surface area (TPSA) is 17.1 Å². The number of Topliss-reactive ketones (excluding diaryl/α,β-unsaturated/α-hetero) is 1. The monoisotopic (exact) mass is 308 g/mol. The molecule has 0 aromatic heterocycles. The van der Waals surface area contributed by atoms with Gasteiger partial charge in [0.05, 0.1) is 0 Å². The summed E-state index contributed by atoms with van der Waals surface area (Å²) < 4.78 is 27.2. The molecule has 74 valence electrons. The Morgan fingerprint density at radius 1 is 1.29 bits per heavy atom. The Labute approximate surface area is 93.6 Å². The molecule has 2 rings (SSSR count). The molecule has 1 fully saturated rings. The Hall–Kier alpha value is -0.520. The summed E-state index contributed by atoms with van der Waals surface area (Å²) in [6.07, 6.45) is 1.00. The van der Waals surface area contributed by atoms with Crippen molar-refractivity contribution in [3.05, 3.63) is 32.9 Å². The number of hydrogen-bond donors (Lipinski definition) is 0. The van der Waals surface area contributed by atoms with Crippen LogP contribution in [0.15, 0.2) is 12.1 Å². The Morgan fingerprint density at radius 2 is 1.86 bits per heavy atom. The maximum Gasteiger partial charge on any atom is 0.140 e. The van der Waals surface area contributed by atoms with E-state index in [-0.39, 0.29) is 11.3 Å². The maximum absolute atomic E-state index is 13.4. The number of carbonyl (C=O) groups excluding carboxylic acids is 1. The Bertz CT molecular complexity index is 380. The lowest BCUT2D eigenvalue weighted by atomic mass is 9.78. The summed E-state index contributed by atoms with van der Waals surface area (Å²) in [6, 6.07) is 2.51. The Morgan fingerprint density at radius 3 is 2.21 bits per heavy atom. The summed E-state index contributed by atoms with van der Waals surface area (Å²) in [5.74, 6) is -1.82. The zero-order valence-electron chi connectivity index (χ0n) is 7.19. The van der Waals surface area contributed by atoms with E-state index in [4.69, 9.17) is 0 Å². The number of benzene rings is 1. The van der Waals surface area contributed by atoms with Crippen LogP contribution in [-0.4, -0.2) is 5.78 Å². The third-order valence-electron chi connectivity index (χ3n) is 2.46. The first-order chi connectivity index (χ1) is 6.59. The average molecular weight is 308 g/mol. The summed E-state index contributed by atoms with van der Waals surface area (Å²) >= 11 is 1.84. The number of halogens is 3. The molecule has 14 heavy (non-hydrogen) atoms. The van der Waals surface area contributed by atoms with Crippen LogP contribution in [0.1, 0.15) is 24.3 Å². The van der Waals surface area contributed by atoms with E-state index >= 15 is 0 Å². The molecule has 1 aromatic carbocycles. The lowest BCUT2D eigenvalue weighted by Crippen LogP contribution is -2.25. The molecule has 1 saturated carbocycles. The molecule has 0 radical (unpaired) electrons. The van der Waals surface area contributed by atoms with Crippen molar-refractivity contribution in [1.82, 2.24) is 0 Å². The minimum absolute atomic E-state index is 0.0540. The second-order valence-electron chi connectivity index (χ2n) is 3.34. The minimum atomic E-state index is -0.604. The quantitative estimate of drug-likeness (QED) is 0.729. The summed E-state index contributed by atoms with van der Waals surface area (Å²) in [6.45, 7) is 0. The number of ketones is 1. The first kappa shape index (κ1) is 10.0. The highest BCUT2D eigenvalue weighted by Crippen LogP contribution is 2.36. The van der Waals surface area contributed by atoms with E-state index in [1.807, 2.05) is 22.6 Å². The van der Waals surface area contributed by atoms with Crippen LogP contribution in [0.3, 0.4) is 0 Å². The summed E-state index contributed by atoms with van der Waals surface area (Å²) in [7, 11) is 0. The Balaban J connectivity index is 2.47. The predicted molar refractivity (Wildman–Crippen MR) is 56.1 cm³/mol. The molecular formula is C10H7F2IO. The van der Waals surface area contributed by atoms with Crippen molar-refractivity contribution in [2.75, 3.05) is 0 Å². The van der Waals surface area contributed by atoms with Crippen LogP contribution in [-0.2, 0) is 4.79 Å². The summed E-state index contributed by atoms with van der Waals surface area (Å²) in [5, 5.41) is 0. The number of carbonyl (C=O) groups is 1. The smallest absolute Gasteiger partial charge is 0.140 e. The van der Waals surface area contributed by atoms with Gasteiger partial charge < -0.3 is 0 Å². The normalized spacial score (nSPS) is 20.8. The first-order valence-corrected chi connectivity index (χ1v) is 5.34. The maximum atomic E-state index is 13.4. The fraction of sp³-hybridized carbons (Fsp3) is 0.300. The van der Waals surface area contributed by atoms with Crippen LogP contribution in [0.5, 0.6) is 0 Å². The fourth-order valence-corrected chi connectivity index (χ4v) is 2.14. The molecule has 0 saturated heterocycles. The molecule has 1 aliphatic rings. The van der Waals surface area contributed by atoms with E-state index in [1.54, 1.807) is 0 Å². The van der Waals surface area contributed by atoms with Crippen LogP contribution < -0.4 is 0 Å².